The highest BCUT2D eigenvalue weighted by Crippen LogP contribution is 2.06. The summed E-state index contributed by atoms with van der Waals surface area (Å²) in [5, 5.41) is 14.1. The molecule has 6 nitrogen and oxygen atoms in total. The lowest BCUT2D eigenvalue weighted by Crippen LogP contribution is -2.39. The number of carbonyl (C=O) groups excluding carboxylic acids is 1. The Balaban J connectivity index is 2.14. The molecule has 19 heavy (non-hydrogen) atoms. The third-order valence-corrected chi connectivity index (χ3v) is 2.83. The van der Waals surface area contributed by atoms with Crippen LogP contribution in [0.15, 0.2) is 22.8 Å². The van der Waals surface area contributed by atoms with E-state index in [0.717, 1.165) is 12.2 Å². The van der Waals surface area contributed by atoms with Crippen LogP contribution in [0.4, 0.5) is 4.79 Å². The predicted octanol–water partition coefficient (Wildman–Crippen LogP) is 1.62. The normalized spacial score (nSPS) is 11.8. The monoisotopic (exact) mass is 268 g/mol. The lowest BCUT2D eigenvalue weighted by Gasteiger charge is -2.13. The van der Waals surface area contributed by atoms with Gasteiger partial charge in [-0.25, -0.2) is 4.79 Å². The Bertz CT molecular complexity index is 389. The van der Waals surface area contributed by atoms with Gasteiger partial charge in [-0.1, -0.05) is 13.3 Å². The van der Waals surface area contributed by atoms with Crippen LogP contribution in [0.2, 0.25) is 0 Å². The van der Waals surface area contributed by atoms with E-state index in [4.69, 9.17) is 9.52 Å². The molecule has 0 aliphatic rings. The third kappa shape index (κ3) is 6.49. The quantitative estimate of drug-likeness (QED) is 0.668. The number of carboxylic acids is 1. The second kappa shape index (κ2) is 8.18. The number of hydrogen-bond acceptors (Lipinski definition) is 3. The number of aliphatic carboxylic acids is 1. The van der Waals surface area contributed by atoms with Crippen LogP contribution in [0, 0.1) is 5.92 Å². The second-order valence-electron chi connectivity index (χ2n) is 4.34. The summed E-state index contributed by atoms with van der Waals surface area (Å²) in [7, 11) is 0. The van der Waals surface area contributed by atoms with Gasteiger partial charge < -0.3 is 20.2 Å². The van der Waals surface area contributed by atoms with Crippen LogP contribution in [0.5, 0.6) is 0 Å². The second-order valence-corrected chi connectivity index (χ2v) is 4.34. The number of hydrogen-bond donors (Lipinski definition) is 3. The standard InChI is InChI=1S/C13H20N2O4/c1-2-10(8-12(16)17)9-15-13(18)14-6-5-11-4-3-7-19-11/h3-4,7,10H,2,5-6,8-9H2,1H3,(H,16,17)(H2,14,15,18). The Labute approximate surface area is 112 Å². The van der Waals surface area contributed by atoms with Crippen molar-refractivity contribution in [2.45, 2.75) is 26.2 Å². The highest BCUT2D eigenvalue weighted by Gasteiger charge is 2.12. The number of carbonyl (C=O) groups is 2. The van der Waals surface area contributed by atoms with Crippen molar-refractivity contribution < 1.29 is 19.1 Å². The molecule has 1 rings (SSSR count). The van der Waals surface area contributed by atoms with E-state index >= 15 is 0 Å². The minimum Gasteiger partial charge on any atom is -0.481 e. The Morgan fingerprint density at radius 2 is 2.21 bits per heavy atom. The zero-order chi connectivity index (χ0) is 14.1. The van der Waals surface area contributed by atoms with Crippen LogP contribution in [0.25, 0.3) is 0 Å². The van der Waals surface area contributed by atoms with Gasteiger partial charge in [0.25, 0.3) is 0 Å². The van der Waals surface area contributed by atoms with Crippen molar-refractivity contribution in [1.82, 2.24) is 10.6 Å². The van der Waals surface area contributed by atoms with E-state index in [-0.39, 0.29) is 18.4 Å². The molecule has 1 unspecified atom stereocenters. The summed E-state index contributed by atoms with van der Waals surface area (Å²) in [5.74, 6) is -0.0576. The number of rotatable bonds is 8. The molecule has 2 amide bonds. The van der Waals surface area contributed by atoms with Crippen LogP contribution in [-0.2, 0) is 11.2 Å². The maximum Gasteiger partial charge on any atom is 0.314 e. The highest BCUT2D eigenvalue weighted by molar-refractivity contribution is 5.74. The maximum atomic E-state index is 11.5. The molecule has 1 aromatic rings. The van der Waals surface area contributed by atoms with Crippen LogP contribution >= 0.6 is 0 Å². The molecule has 6 heteroatoms. The van der Waals surface area contributed by atoms with Gasteiger partial charge in [0.05, 0.1) is 6.26 Å². The van der Waals surface area contributed by atoms with Gasteiger partial charge in [0, 0.05) is 25.9 Å². The molecule has 106 valence electrons. The van der Waals surface area contributed by atoms with E-state index in [2.05, 4.69) is 10.6 Å². The van der Waals surface area contributed by atoms with Gasteiger partial charge in [0.2, 0.25) is 0 Å². The van der Waals surface area contributed by atoms with Crippen LogP contribution in [0.3, 0.4) is 0 Å². The van der Waals surface area contributed by atoms with Gasteiger partial charge in [0.15, 0.2) is 0 Å². The van der Waals surface area contributed by atoms with Crippen LogP contribution in [0.1, 0.15) is 25.5 Å². The smallest absolute Gasteiger partial charge is 0.314 e. The summed E-state index contributed by atoms with van der Waals surface area (Å²) in [4.78, 5) is 22.1. The average Bonchev–Trinajstić information content (AvgIpc) is 2.87. The zero-order valence-corrected chi connectivity index (χ0v) is 11.0. The number of furan rings is 1. The van der Waals surface area contributed by atoms with Gasteiger partial charge in [-0.3, -0.25) is 4.79 Å². The first kappa shape index (κ1) is 15.1. The van der Waals surface area contributed by atoms with E-state index in [9.17, 15) is 9.59 Å². The van der Waals surface area contributed by atoms with E-state index in [1.54, 1.807) is 12.3 Å². The van der Waals surface area contributed by atoms with Crippen molar-refractivity contribution in [2.24, 2.45) is 5.92 Å². The van der Waals surface area contributed by atoms with Gasteiger partial charge in [-0.05, 0) is 18.1 Å². The molecule has 0 bridgehead atoms. The minimum absolute atomic E-state index is 0.0340. The molecule has 0 aliphatic heterocycles. The van der Waals surface area contributed by atoms with E-state index in [1.807, 2.05) is 13.0 Å². The Morgan fingerprint density at radius 1 is 1.42 bits per heavy atom. The fourth-order valence-corrected chi connectivity index (χ4v) is 1.66. The first-order valence-corrected chi connectivity index (χ1v) is 6.37. The fourth-order valence-electron chi connectivity index (χ4n) is 1.66. The van der Waals surface area contributed by atoms with Crippen LogP contribution < -0.4 is 10.6 Å². The van der Waals surface area contributed by atoms with Crippen molar-refractivity contribution >= 4 is 12.0 Å². The average molecular weight is 268 g/mol. The van der Waals surface area contributed by atoms with Crippen LogP contribution in [-0.4, -0.2) is 30.2 Å². The minimum atomic E-state index is -0.841. The summed E-state index contributed by atoms with van der Waals surface area (Å²) in [6, 6.07) is 3.36. The maximum absolute atomic E-state index is 11.5. The molecule has 0 aliphatic carbocycles. The van der Waals surface area contributed by atoms with E-state index in [1.165, 1.54) is 0 Å². The molecule has 0 spiro atoms. The molecular weight excluding hydrogens is 248 g/mol. The topological polar surface area (TPSA) is 91.6 Å². The molecule has 1 aromatic heterocycles. The van der Waals surface area contributed by atoms with Gasteiger partial charge in [-0.2, -0.15) is 0 Å². The van der Waals surface area contributed by atoms with Crippen molar-refractivity contribution in [1.29, 1.82) is 0 Å². The Hall–Kier alpha value is -1.98. The summed E-state index contributed by atoms with van der Waals surface area (Å²) in [6.45, 7) is 2.76. The molecule has 1 heterocycles. The summed E-state index contributed by atoms with van der Waals surface area (Å²) in [6.07, 6.45) is 3.02. The number of urea groups is 1. The third-order valence-electron chi connectivity index (χ3n) is 2.83. The summed E-state index contributed by atoms with van der Waals surface area (Å²) in [5.41, 5.74) is 0. The number of amides is 2. The molecule has 0 fully saturated rings. The lowest BCUT2D eigenvalue weighted by atomic mass is 10.0. The molecule has 0 aromatic carbocycles. The summed E-state index contributed by atoms with van der Waals surface area (Å²) >= 11 is 0. The van der Waals surface area contributed by atoms with E-state index in [0.29, 0.717) is 19.5 Å². The van der Waals surface area contributed by atoms with Crippen molar-refractivity contribution in [3.8, 4) is 0 Å². The molecular formula is C13H20N2O4. The predicted molar refractivity (Wildman–Crippen MR) is 69.8 cm³/mol. The van der Waals surface area contributed by atoms with Crippen molar-refractivity contribution in [3.63, 3.8) is 0 Å². The highest BCUT2D eigenvalue weighted by atomic mass is 16.4. The fraction of sp³-hybridized carbons (Fsp3) is 0.538. The van der Waals surface area contributed by atoms with Gasteiger partial charge in [-0.15, -0.1) is 0 Å². The van der Waals surface area contributed by atoms with Crippen molar-refractivity contribution in [3.05, 3.63) is 24.2 Å². The molecule has 0 radical (unpaired) electrons. The molecule has 0 saturated carbocycles. The number of nitrogens with one attached hydrogen (secondary N) is 2. The Kier molecular flexibility index (Phi) is 6.49. The lowest BCUT2D eigenvalue weighted by molar-refractivity contribution is -0.138. The SMILES string of the molecule is CCC(CNC(=O)NCCc1ccco1)CC(=O)O. The van der Waals surface area contributed by atoms with Gasteiger partial charge in [0.1, 0.15) is 5.76 Å². The van der Waals surface area contributed by atoms with E-state index < -0.39 is 5.97 Å². The molecule has 0 saturated heterocycles. The van der Waals surface area contributed by atoms with Crippen molar-refractivity contribution in [2.75, 3.05) is 13.1 Å². The Morgan fingerprint density at radius 3 is 2.79 bits per heavy atom. The molecule has 1 atom stereocenters. The first-order valence-electron chi connectivity index (χ1n) is 6.37. The molecule has 3 N–H and O–H groups in total. The summed E-state index contributed by atoms with van der Waals surface area (Å²) < 4.78 is 5.14. The zero-order valence-electron chi connectivity index (χ0n) is 11.0. The first-order chi connectivity index (χ1) is 9.11. The number of carboxylic acid groups (broad SMARTS) is 1. The van der Waals surface area contributed by atoms with Gasteiger partial charge >= 0.3 is 12.0 Å². The largest absolute Gasteiger partial charge is 0.481 e.